The van der Waals surface area contributed by atoms with Crippen LogP contribution in [0.15, 0.2) is 105 Å². The van der Waals surface area contributed by atoms with Crippen LogP contribution in [0.4, 0.5) is 0 Å². The molecule has 0 fully saturated rings. The van der Waals surface area contributed by atoms with Gasteiger partial charge in [0.15, 0.2) is 9.79 Å². The van der Waals surface area contributed by atoms with E-state index in [1.54, 1.807) is 11.8 Å². The molecular formula is C19H17S2+. The maximum absolute atomic E-state index is 2.29. The largest absolute Gasteiger partial charge is 0.160 e. The molecule has 0 saturated heterocycles. The molecule has 0 nitrogen and oxygen atoms in total. The van der Waals surface area contributed by atoms with Crippen LogP contribution in [0.2, 0.25) is 0 Å². The SMILES string of the molecule is C[S+](c1ccccc1)c1ccc(Sc2ccccc2)cc1. The van der Waals surface area contributed by atoms with E-state index < -0.39 is 0 Å². The minimum atomic E-state index is 0.139. The zero-order valence-corrected chi connectivity index (χ0v) is 13.5. The van der Waals surface area contributed by atoms with Crippen molar-refractivity contribution in [3.05, 3.63) is 84.9 Å². The minimum absolute atomic E-state index is 0.139. The smallest absolute Gasteiger partial charge is 0.0901 e. The summed E-state index contributed by atoms with van der Waals surface area (Å²) in [6, 6.07) is 30.1. The molecule has 0 bridgehead atoms. The molecule has 3 aromatic rings. The number of benzene rings is 3. The monoisotopic (exact) mass is 309 g/mol. The van der Waals surface area contributed by atoms with Crippen molar-refractivity contribution in [2.75, 3.05) is 6.26 Å². The molecule has 3 rings (SSSR count). The van der Waals surface area contributed by atoms with Crippen molar-refractivity contribution in [1.82, 2.24) is 0 Å². The molecule has 0 spiro atoms. The molecular weight excluding hydrogens is 292 g/mol. The summed E-state index contributed by atoms with van der Waals surface area (Å²) >= 11 is 1.81. The summed E-state index contributed by atoms with van der Waals surface area (Å²) in [4.78, 5) is 5.35. The molecule has 2 heteroatoms. The standard InChI is InChI=1S/C19H17S2/c1-21(18-10-6-3-7-11-18)19-14-12-17(13-15-19)20-16-8-4-2-5-9-16/h2-15H,1H3/q+1. The minimum Gasteiger partial charge on any atom is -0.0901 e. The van der Waals surface area contributed by atoms with Gasteiger partial charge in [-0.15, -0.1) is 0 Å². The van der Waals surface area contributed by atoms with E-state index in [1.165, 1.54) is 19.6 Å². The summed E-state index contributed by atoms with van der Waals surface area (Å²) in [6.07, 6.45) is 2.29. The molecule has 0 aromatic heterocycles. The maximum Gasteiger partial charge on any atom is 0.160 e. The van der Waals surface area contributed by atoms with Crippen molar-refractivity contribution < 1.29 is 0 Å². The van der Waals surface area contributed by atoms with Crippen LogP contribution in [0.5, 0.6) is 0 Å². The van der Waals surface area contributed by atoms with Gasteiger partial charge in [-0.25, -0.2) is 0 Å². The van der Waals surface area contributed by atoms with Gasteiger partial charge in [-0.2, -0.15) is 0 Å². The van der Waals surface area contributed by atoms with Crippen LogP contribution in [0.3, 0.4) is 0 Å². The Balaban J connectivity index is 1.75. The second kappa shape index (κ2) is 6.88. The van der Waals surface area contributed by atoms with Crippen molar-refractivity contribution in [2.45, 2.75) is 19.6 Å². The third-order valence-corrected chi connectivity index (χ3v) is 6.23. The van der Waals surface area contributed by atoms with Crippen LogP contribution in [0.1, 0.15) is 0 Å². The highest BCUT2D eigenvalue weighted by Gasteiger charge is 2.18. The second-order valence-electron chi connectivity index (χ2n) is 4.71. The number of rotatable bonds is 4. The predicted octanol–water partition coefficient (Wildman–Crippen LogP) is 5.50. The van der Waals surface area contributed by atoms with E-state index in [9.17, 15) is 0 Å². The summed E-state index contributed by atoms with van der Waals surface area (Å²) in [6.45, 7) is 0. The molecule has 0 aliphatic rings. The van der Waals surface area contributed by atoms with E-state index in [4.69, 9.17) is 0 Å². The Kier molecular flexibility index (Phi) is 4.69. The molecule has 0 amide bonds. The molecule has 21 heavy (non-hydrogen) atoms. The number of hydrogen-bond acceptors (Lipinski definition) is 1. The van der Waals surface area contributed by atoms with E-state index >= 15 is 0 Å². The van der Waals surface area contributed by atoms with Crippen molar-refractivity contribution >= 4 is 22.7 Å². The fourth-order valence-corrected chi connectivity index (χ4v) is 4.32. The summed E-state index contributed by atoms with van der Waals surface area (Å²) in [5.41, 5.74) is 0. The molecule has 0 radical (unpaired) electrons. The Hall–Kier alpha value is -1.64. The Morgan fingerprint density at radius 1 is 0.571 bits per heavy atom. The summed E-state index contributed by atoms with van der Waals surface area (Å²) in [5.74, 6) is 0. The van der Waals surface area contributed by atoms with Gasteiger partial charge in [0.05, 0.1) is 10.9 Å². The van der Waals surface area contributed by atoms with Gasteiger partial charge in [0.2, 0.25) is 0 Å². The van der Waals surface area contributed by atoms with Gasteiger partial charge in [0, 0.05) is 9.79 Å². The molecule has 1 atom stereocenters. The molecule has 0 aliphatic heterocycles. The zero-order chi connectivity index (χ0) is 14.5. The van der Waals surface area contributed by atoms with Gasteiger partial charge in [-0.05, 0) is 48.5 Å². The highest BCUT2D eigenvalue weighted by Crippen LogP contribution is 2.29. The van der Waals surface area contributed by atoms with Gasteiger partial charge in [-0.3, -0.25) is 0 Å². The van der Waals surface area contributed by atoms with Crippen LogP contribution in [-0.2, 0) is 10.9 Å². The molecule has 1 unspecified atom stereocenters. The van der Waals surface area contributed by atoms with Gasteiger partial charge in [-0.1, -0.05) is 48.2 Å². The first kappa shape index (κ1) is 14.3. The average Bonchev–Trinajstić information content (AvgIpc) is 2.57. The fourth-order valence-electron chi connectivity index (χ4n) is 2.10. The Bertz CT molecular complexity index is 676. The second-order valence-corrected chi connectivity index (χ2v) is 7.82. The lowest BCUT2D eigenvalue weighted by Gasteiger charge is -2.04. The normalized spacial score (nSPS) is 12.0. The van der Waals surface area contributed by atoms with E-state index in [0.717, 1.165) is 0 Å². The summed E-state index contributed by atoms with van der Waals surface area (Å²) in [7, 11) is 0.139. The van der Waals surface area contributed by atoms with E-state index in [-0.39, 0.29) is 10.9 Å². The van der Waals surface area contributed by atoms with E-state index in [1.807, 2.05) is 0 Å². The summed E-state index contributed by atoms with van der Waals surface area (Å²) < 4.78 is 0. The first-order valence-corrected chi connectivity index (χ1v) is 9.32. The lowest BCUT2D eigenvalue weighted by Crippen LogP contribution is -1.99. The van der Waals surface area contributed by atoms with Gasteiger partial charge < -0.3 is 0 Å². The third-order valence-electron chi connectivity index (χ3n) is 3.25. The van der Waals surface area contributed by atoms with Gasteiger partial charge in [0.25, 0.3) is 0 Å². The fraction of sp³-hybridized carbons (Fsp3) is 0.0526. The van der Waals surface area contributed by atoms with Crippen LogP contribution in [0, 0.1) is 0 Å². The molecule has 0 N–H and O–H groups in total. The lowest BCUT2D eigenvalue weighted by molar-refractivity contribution is 1.31. The Morgan fingerprint density at radius 2 is 1.05 bits per heavy atom. The topological polar surface area (TPSA) is 0 Å². The molecule has 3 aromatic carbocycles. The van der Waals surface area contributed by atoms with Crippen molar-refractivity contribution in [3.63, 3.8) is 0 Å². The van der Waals surface area contributed by atoms with Crippen LogP contribution >= 0.6 is 11.8 Å². The summed E-state index contributed by atoms with van der Waals surface area (Å²) in [5, 5.41) is 0. The highest BCUT2D eigenvalue weighted by atomic mass is 32.2. The molecule has 0 aliphatic carbocycles. The van der Waals surface area contributed by atoms with E-state index in [2.05, 4.69) is 91.2 Å². The van der Waals surface area contributed by atoms with Crippen molar-refractivity contribution in [3.8, 4) is 0 Å². The zero-order valence-electron chi connectivity index (χ0n) is 11.9. The van der Waals surface area contributed by atoms with Crippen LogP contribution in [-0.4, -0.2) is 6.26 Å². The van der Waals surface area contributed by atoms with E-state index in [0.29, 0.717) is 0 Å². The van der Waals surface area contributed by atoms with Crippen molar-refractivity contribution in [2.24, 2.45) is 0 Å². The average molecular weight is 309 g/mol. The highest BCUT2D eigenvalue weighted by molar-refractivity contribution is 7.99. The first-order chi connectivity index (χ1) is 10.3. The van der Waals surface area contributed by atoms with Crippen LogP contribution in [0.25, 0.3) is 0 Å². The van der Waals surface area contributed by atoms with Crippen molar-refractivity contribution in [1.29, 1.82) is 0 Å². The first-order valence-electron chi connectivity index (χ1n) is 6.87. The number of hydrogen-bond donors (Lipinski definition) is 0. The molecule has 0 saturated carbocycles. The maximum atomic E-state index is 2.29. The Morgan fingerprint density at radius 3 is 1.67 bits per heavy atom. The quantitative estimate of drug-likeness (QED) is 0.573. The predicted molar refractivity (Wildman–Crippen MR) is 93.3 cm³/mol. The van der Waals surface area contributed by atoms with Gasteiger partial charge >= 0.3 is 0 Å². The van der Waals surface area contributed by atoms with Gasteiger partial charge in [0.1, 0.15) is 6.26 Å². The molecule has 0 heterocycles. The molecule has 104 valence electrons. The van der Waals surface area contributed by atoms with Crippen LogP contribution < -0.4 is 0 Å². The third kappa shape index (κ3) is 3.72. The lowest BCUT2D eigenvalue weighted by atomic mass is 10.4. The Labute approximate surface area is 133 Å².